The third-order valence-corrected chi connectivity index (χ3v) is 4.01. The molecule has 1 aromatic heterocycles. The fraction of sp³-hybridized carbons (Fsp3) is 0.818. The standard InChI is InChI=1S/C11H22N4OS/c1-9(4-5-15-8-12-7-13-15)14-10(2)11(6-16)17-3/h7-11,14,16H,4-6H2,1-3H3. The Balaban J connectivity index is 2.26. The van der Waals surface area contributed by atoms with Gasteiger partial charge >= 0.3 is 0 Å². The van der Waals surface area contributed by atoms with Crippen molar-refractivity contribution in [3.05, 3.63) is 12.7 Å². The molecule has 17 heavy (non-hydrogen) atoms. The van der Waals surface area contributed by atoms with Gasteiger partial charge in [-0.3, -0.25) is 4.68 Å². The van der Waals surface area contributed by atoms with E-state index in [9.17, 15) is 5.11 Å². The van der Waals surface area contributed by atoms with Crippen molar-refractivity contribution in [3.8, 4) is 0 Å². The summed E-state index contributed by atoms with van der Waals surface area (Å²) in [5, 5.41) is 17.0. The molecule has 0 aliphatic rings. The van der Waals surface area contributed by atoms with Crippen molar-refractivity contribution in [3.63, 3.8) is 0 Å². The number of aliphatic hydroxyl groups excluding tert-OH is 1. The Labute approximate surface area is 107 Å². The number of thioether (sulfide) groups is 1. The summed E-state index contributed by atoms with van der Waals surface area (Å²) in [5.74, 6) is 0. The number of aliphatic hydroxyl groups is 1. The lowest BCUT2D eigenvalue weighted by Gasteiger charge is -2.25. The molecule has 0 fully saturated rings. The third kappa shape index (κ3) is 5.06. The summed E-state index contributed by atoms with van der Waals surface area (Å²) in [7, 11) is 0. The van der Waals surface area contributed by atoms with Crippen LogP contribution in [0.25, 0.3) is 0 Å². The highest BCUT2D eigenvalue weighted by atomic mass is 32.2. The van der Waals surface area contributed by atoms with Crippen LogP contribution < -0.4 is 5.32 Å². The first-order valence-electron chi connectivity index (χ1n) is 5.89. The van der Waals surface area contributed by atoms with Gasteiger partial charge in [-0.25, -0.2) is 4.98 Å². The zero-order valence-corrected chi connectivity index (χ0v) is 11.5. The zero-order valence-electron chi connectivity index (χ0n) is 10.7. The summed E-state index contributed by atoms with van der Waals surface area (Å²) in [6.45, 7) is 5.35. The van der Waals surface area contributed by atoms with E-state index in [0.29, 0.717) is 12.1 Å². The van der Waals surface area contributed by atoms with Crippen molar-refractivity contribution in [1.29, 1.82) is 0 Å². The van der Waals surface area contributed by atoms with Gasteiger partial charge in [0.25, 0.3) is 0 Å². The molecule has 5 nitrogen and oxygen atoms in total. The van der Waals surface area contributed by atoms with E-state index in [1.165, 1.54) is 0 Å². The van der Waals surface area contributed by atoms with Gasteiger partial charge < -0.3 is 10.4 Å². The van der Waals surface area contributed by atoms with Crippen molar-refractivity contribution in [1.82, 2.24) is 20.1 Å². The number of aromatic nitrogens is 3. The van der Waals surface area contributed by atoms with Crippen molar-refractivity contribution < 1.29 is 5.11 Å². The van der Waals surface area contributed by atoms with E-state index in [0.717, 1.165) is 13.0 Å². The van der Waals surface area contributed by atoms with Crippen LogP contribution in [0.2, 0.25) is 0 Å². The highest BCUT2D eigenvalue weighted by Crippen LogP contribution is 2.11. The molecule has 0 spiro atoms. The van der Waals surface area contributed by atoms with Crippen LogP contribution in [0.5, 0.6) is 0 Å². The van der Waals surface area contributed by atoms with E-state index >= 15 is 0 Å². The van der Waals surface area contributed by atoms with Gasteiger partial charge in [0, 0.05) is 23.9 Å². The summed E-state index contributed by atoms with van der Waals surface area (Å²) in [4.78, 5) is 3.91. The van der Waals surface area contributed by atoms with Gasteiger partial charge in [0.15, 0.2) is 0 Å². The minimum Gasteiger partial charge on any atom is -0.395 e. The first kappa shape index (κ1) is 14.5. The second-order valence-electron chi connectivity index (χ2n) is 4.26. The molecule has 1 rings (SSSR count). The quantitative estimate of drug-likeness (QED) is 0.721. The predicted molar refractivity (Wildman–Crippen MR) is 71.1 cm³/mol. The van der Waals surface area contributed by atoms with Crippen LogP contribution in [0, 0.1) is 0 Å². The summed E-state index contributed by atoms with van der Waals surface area (Å²) >= 11 is 1.70. The molecular formula is C11H22N4OS. The fourth-order valence-corrected chi connectivity index (χ4v) is 2.39. The average molecular weight is 258 g/mol. The van der Waals surface area contributed by atoms with Gasteiger partial charge in [-0.1, -0.05) is 0 Å². The topological polar surface area (TPSA) is 63.0 Å². The van der Waals surface area contributed by atoms with Gasteiger partial charge in [-0.2, -0.15) is 16.9 Å². The second kappa shape index (κ2) is 7.68. The minimum absolute atomic E-state index is 0.213. The first-order chi connectivity index (χ1) is 8.17. The molecule has 3 atom stereocenters. The Kier molecular flexibility index (Phi) is 6.54. The lowest BCUT2D eigenvalue weighted by molar-refractivity contribution is 0.269. The maximum atomic E-state index is 9.21. The minimum atomic E-state index is 0.213. The smallest absolute Gasteiger partial charge is 0.137 e. The second-order valence-corrected chi connectivity index (χ2v) is 5.34. The number of rotatable bonds is 8. The molecule has 98 valence electrons. The van der Waals surface area contributed by atoms with Gasteiger partial charge in [-0.05, 0) is 26.5 Å². The maximum absolute atomic E-state index is 9.21. The lowest BCUT2D eigenvalue weighted by Crippen LogP contribution is -2.42. The van der Waals surface area contributed by atoms with Crippen LogP contribution in [0.15, 0.2) is 12.7 Å². The number of nitrogens with zero attached hydrogens (tertiary/aromatic N) is 3. The molecule has 1 heterocycles. The van der Waals surface area contributed by atoms with Gasteiger partial charge in [-0.15, -0.1) is 0 Å². The molecule has 0 aliphatic carbocycles. The molecule has 0 amide bonds. The summed E-state index contributed by atoms with van der Waals surface area (Å²) in [5.41, 5.74) is 0. The molecule has 0 aromatic carbocycles. The predicted octanol–water partition coefficient (Wildman–Crippen LogP) is 0.759. The molecular weight excluding hydrogens is 236 g/mol. The molecule has 0 aliphatic heterocycles. The Hall–Kier alpha value is -0.590. The Bertz CT molecular complexity index is 290. The van der Waals surface area contributed by atoms with E-state index in [-0.39, 0.29) is 11.9 Å². The monoisotopic (exact) mass is 258 g/mol. The van der Waals surface area contributed by atoms with Crippen LogP contribution in [-0.4, -0.2) is 50.1 Å². The normalized spacial score (nSPS) is 16.7. The van der Waals surface area contributed by atoms with Crippen LogP contribution in [0.4, 0.5) is 0 Å². The van der Waals surface area contributed by atoms with Crippen molar-refractivity contribution in [2.75, 3.05) is 12.9 Å². The Morgan fingerprint density at radius 1 is 1.47 bits per heavy atom. The Morgan fingerprint density at radius 3 is 2.76 bits per heavy atom. The van der Waals surface area contributed by atoms with E-state index in [1.54, 1.807) is 24.4 Å². The van der Waals surface area contributed by atoms with E-state index in [2.05, 4.69) is 29.2 Å². The Morgan fingerprint density at radius 2 is 2.24 bits per heavy atom. The maximum Gasteiger partial charge on any atom is 0.137 e. The molecule has 6 heteroatoms. The number of hydrogen-bond donors (Lipinski definition) is 2. The van der Waals surface area contributed by atoms with Crippen molar-refractivity contribution in [2.45, 2.75) is 44.1 Å². The van der Waals surface area contributed by atoms with Gasteiger partial charge in [0.2, 0.25) is 0 Å². The molecule has 3 unspecified atom stereocenters. The van der Waals surface area contributed by atoms with E-state index in [4.69, 9.17) is 0 Å². The highest BCUT2D eigenvalue weighted by molar-refractivity contribution is 7.99. The van der Waals surface area contributed by atoms with Crippen LogP contribution in [-0.2, 0) is 6.54 Å². The third-order valence-electron chi connectivity index (χ3n) is 2.85. The number of nitrogens with one attached hydrogen (secondary N) is 1. The van der Waals surface area contributed by atoms with Gasteiger partial charge in [0.05, 0.1) is 6.61 Å². The summed E-state index contributed by atoms with van der Waals surface area (Å²) in [6.07, 6.45) is 6.31. The van der Waals surface area contributed by atoms with Crippen LogP contribution >= 0.6 is 11.8 Å². The summed E-state index contributed by atoms with van der Waals surface area (Å²) < 4.78 is 1.83. The lowest BCUT2D eigenvalue weighted by atomic mass is 10.1. The van der Waals surface area contributed by atoms with Crippen LogP contribution in [0.3, 0.4) is 0 Å². The van der Waals surface area contributed by atoms with Gasteiger partial charge in [0.1, 0.15) is 12.7 Å². The highest BCUT2D eigenvalue weighted by Gasteiger charge is 2.16. The number of aryl methyl sites for hydroxylation is 1. The average Bonchev–Trinajstić information content (AvgIpc) is 2.81. The molecule has 0 bridgehead atoms. The number of hydrogen-bond acceptors (Lipinski definition) is 5. The molecule has 0 radical (unpaired) electrons. The largest absolute Gasteiger partial charge is 0.395 e. The van der Waals surface area contributed by atoms with Crippen molar-refractivity contribution in [2.24, 2.45) is 0 Å². The van der Waals surface area contributed by atoms with Crippen molar-refractivity contribution >= 4 is 11.8 Å². The molecule has 0 saturated carbocycles. The zero-order chi connectivity index (χ0) is 12.7. The fourth-order valence-electron chi connectivity index (χ4n) is 1.75. The van der Waals surface area contributed by atoms with Crippen LogP contribution in [0.1, 0.15) is 20.3 Å². The first-order valence-corrected chi connectivity index (χ1v) is 7.18. The molecule has 1 aromatic rings. The molecule has 0 saturated heterocycles. The van der Waals surface area contributed by atoms with E-state index < -0.39 is 0 Å². The van der Waals surface area contributed by atoms with E-state index in [1.807, 2.05) is 10.9 Å². The summed E-state index contributed by atoms with van der Waals surface area (Å²) in [6, 6.07) is 0.705. The SMILES string of the molecule is CSC(CO)C(C)NC(C)CCn1cncn1. The molecule has 2 N–H and O–H groups in total.